The van der Waals surface area contributed by atoms with Gasteiger partial charge in [-0.3, -0.25) is 9.69 Å². The molecule has 1 aromatic rings. The van der Waals surface area contributed by atoms with Crippen LogP contribution in [-0.4, -0.2) is 55.5 Å². The Hall–Kier alpha value is -1.26. The zero-order chi connectivity index (χ0) is 15.2. The Bertz CT molecular complexity index is 487. The van der Waals surface area contributed by atoms with Gasteiger partial charge in [-0.05, 0) is 56.6 Å². The summed E-state index contributed by atoms with van der Waals surface area (Å²) >= 11 is 5.97. The average molecular weight is 311 g/mol. The van der Waals surface area contributed by atoms with Gasteiger partial charge in [-0.1, -0.05) is 11.6 Å². The minimum absolute atomic E-state index is 0.160. The van der Waals surface area contributed by atoms with Crippen LogP contribution in [0.5, 0.6) is 5.75 Å². The Morgan fingerprint density at radius 2 is 2.10 bits per heavy atom. The molecular formula is C16H23ClN2O2. The standard InChI is InChI=1S/C16H23ClN2O2/c1-13-11-14(5-6-15(13)17)21-10-9-18(2)16(20)12-19-7-3-4-8-19/h5-6,11H,3-4,7-10,12H2,1-2H3. The van der Waals surface area contributed by atoms with Gasteiger partial charge in [0.25, 0.3) is 0 Å². The van der Waals surface area contributed by atoms with E-state index in [9.17, 15) is 4.79 Å². The number of ether oxygens (including phenoxy) is 1. The van der Waals surface area contributed by atoms with Crippen LogP contribution in [-0.2, 0) is 4.79 Å². The highest BCUT2D eigenvalue weighted by atomic mass is 35.5. The van der Waals surface area contributed by atoms with Gasteiger partial charge < -0.3 is 9.64 Å². The van der Waals surface area contributed by atoms with Crippen LogP contribution in [0, 0.1) is 6.92 Å². The zero-order valence-corrected chi connectivity index (χ0v) is 13.5. The van der Waals surface area contributed by atoms with Crippen molar-refractivity contribution in [2.24, 2.45) is 0 Å². The summed E-state index contributed by atoms with van der Waals surface area (Å²) in [6.07, 6.45) is 2.41. The van der Waals surface area contributed by atoms with Gasteiger partial charge in [0.15, 0.2) is 0 Å². The van der Waals surface area contributed by atoms with Gasteiger partial charge in [-0.15, -0.1) is 0 Å². The largest absolute Gasteiger partial charge is 0.492 e. The molecule has 1 aromatic carbocycles. The Labute approximate surface area is 131 Å². The van der Waals surface area contributed by atoms with E-state index in [1.54, 1.807) is 4.90 Å². The van der Waals surface area contributed by atoms with Crippen molar-refractivity contribution in [3.8, 4) is 5.75 Å². The summed E-state index contributed by atoms with van der Waals surface area (Å²) in [5, 5.41) is 0.736. The van der Waals surface area contributed by atoms with Crippen molar-refractivity contribution in [1.29, 1.82) is 0 Å². The van der Waals surface area contributed by atoms with Gasteiger partial charge in [0.2, 0.25) is 5.91 Å². The van der Waals surface area contributed by atoms with Crippen molar-refractivity contribution >= 4 is 17.5 Å². The number of likely N-dealkylation sites (N-methyl/N-ethyl adjacent to an activating group) is 1. The van der Waals surface area contributed by atoms with Gasteiger partial charge in [0, 0.05) is 12.1 Å². The van der Waals surface area contributed by atoms with Crippen molar-refractivity contribution < 1.29 is 9.53 Å². The predicted molar refractivity (Wildman–Crippen MR) is 85.0 cm³/mol. The number of hydrogen-bond donors (Lipinski definition) is 0. The number of rotatable bonds is 6. The molecule has 2 rings (SSSR count). The van der Waals surface area contributed by atoms with Crippen molar-refractivity contribution in [2.45, 2.75) is 19.8 Å². The molecular weight excluding hydrogens is 288 g/mol. The van der Waals surface area contributed by atoms with E-state index in [2.05, 4.69) is 4.90 Å². The van der Waals surface area contributed by atoms with Gasteiger partial charge >= 0.3 is 0 Å². The van der Waals surface area contributed by atoms with Crippen molar-refractivity contribution in [1.82, 2.24) is 9.80 Å². The summed E-state index contributed by atoms with van der Waals surface area (Å²) < 4.78 is 5.67. The Morgan fingerprint density at radius 3 is 2.76 bits per heavy atom. The molecule has 0 saturated carbocycles. The molecule has 116 valence electrons. The third-order valence-electron chi connectivity index (χ3n) is 3.81. The first-order valence-electron chi connectivity index (χ1n) is 7.41. The van der Waals surface area contributed by atoms with Crippen LogP contribution in [0.25, 0.3) is 0 Å². The smallest absolute Gasteiger partial charge is 0.236 e. The van der Waals surface area contributed by atoms with Crippen LogP contribution in [0.3, 0.4) is 0 Å². The number of carbonyl (C=O) groups is 1. The summed E-state index contributed by atoms with van der Waals surface area (Å²) in [6.45, 7) is 5.63. The third kappa shape index (κ3) is 4.90. The molecule has 1 aliphatic heterocycles. The van der Waals surface area contributed by atoms with E-state index in [0.717, 1.165) is 29.4 Å². The van der Waals surface area contributed by atoms with Crippen LogP contribution in [0.4, 0.5) is 0 Å². The topological polar surface area (TPSA) is 32.8 Å². The summed E-state index contributed by atoms with van der Waals surface area (Å²) in [4.78, 5) is 16.0. The van der Waals surface area contributed by atoms with E-state index >= 15 is 0 Å². The molecule has 1 aliphatic rings. The van der Waals surface area contributed by atoms with Crippen molar-refractivity contribution in [3.63, 3.8) is 0 Å². The minimum Gasteiger partial charge on any atom is -0.492 e. The first-order chi connectivity index (χ1) is 10.1. The lowest BCUT2D eigenvalue weighted by atomic mass is 10.2. The molecule has 0 radical (unpaired) electrons. The summed E-state index contributed by atoms with van der Waals surface area (Å²) in [5.41, 5.74) is 0.993. The highest BCUT2D eigenvalue weighted by molar-refractivity contribution is 6.31. The SMILES string of the molecule is Cc1cc(OCCN(C)C(=O)CN2CCCC2)ccc1Cl. The van der Waals surface area contributed by atoms with E-state index in [-0.39, 0.29) is 5.91 Å². The highest BCUT2D eigenvalue weighted by Gasteiger charge is 2.17. The monoisotopic (exact) mass is 310 g/mol. The lowest BCUT2D eigenvalue weighted by Crippen LogP contribution is -2.38. The molecule has 1 saturated heterocycles. The molecule has 0 unspecified atom stereocenters. The maximum absolute atomic E-state index is 12.1. The first-order valence-corrected chi connectivity index (χ1v) is 7.79. The molecule has 1 fully saturated rings. The number of likely N-dealkylation sites (tertiary alicyclic amines) is 1. The van der Waals surface area contributed by atoms with Crippen LogP contribution >= 0.6 is 11.6 Å². The lowest BCUT2D eigenvalue weighted by molar-refractivity contribution is -0.131. The quantitative estimate of drug-likeness (QED) is 0.809. The second-order valence-corrected chi connectivity index (χ2v) is 5.97. The average Bonchev–Trinajstić information content (AvgIpc) is 2.95. The molecule has 21 heavy (non-hydrogen) atoms. The fourth-order valence-electron chi connectivity index (χ4n) is 2.38. The van der Waals surface area contributed by atoms with E-state index in [4.69, 9.17) is 16.3 Å². The molecule has 1 heterocycles. The molecule has 4 nitrogen and oxygen atoms in total. The number of amides is 1. The summed E-state index contributed by atoms with van der Waals surface area (Å²) in [5.74, 6) is 0.949. The molecule has 0 aliphatic carbocycles. The predicted octanol–water partition coefficient (Wildman–Crippen LogP) is 2.58. The van der Waals surface area contributed by atoms with E-state index < -0.39 is 0 Å². The van der Waals surface area contributed by atoms with Crippen LogP contribution in [0.15, 0.2) is 18.2 Å². The molecule has 0 spiro atoms. The Morgan fingerprint density at radius 1 is 1.38 bits per heavy atom. The molecule has 0 aromatic heterocycles. The van der Waals surface area contributed by atoms with E-state index in [1.165, 1.54) is 12.8 Å². The van der Waals surface area contributed by atoms with Crippen LogP contribution in [0.2, 0.25) is 5.02 Å². The molecule has 0 atom stereocenters. The maximum Gasteiger partial charge on any atom is 0.236 e. The number of halogens is 1. The fourth-order valence-corrected chi connectivity index (χ4v) is 2.50. The second-order valence-electron chi connectivity index (χ2n) is 5.56. The van der Waals surface area contributed by atoms with E-state index in [1.807, 2.05) is 32.2 Å². The number of nitrogens with zero attached hydrogens (tertiary/aromatic N) is 2. The van der Waals surface area contributed by atoms with Gasteiger partial charge in [0.05, 0.1) is 13.1 Å². The minimum atomic E-state index is 0.160. The number of aryl methyl sites for hydroxylation is 1. The number of hydrogen-bond acceptors (Lipinski definition) is 3. The van der Waals surface area contributed by atoms with Gasteiger partial charge in [-0.2, -0.15) is 0 Å². The molecule has 5 heteroatoms. The summed E-state index contributed by atoms with van der Waals surface area (Å²) in [6, 6.07) is 5.59. The number of benzene rings is 1. The maximum atomic E-state index is 12.1. The lowest BCUT2D eigenvalue weighted by Gasteiger charge is -2.21. The van der Waals surface area contributed by atoms with Crippen LogP contribution < -0.4 is 4.74 Å². The van der Waals surface area contributed by atoms with Crippen molar-refractivity contribution in [3.05, 3.63) is 28.8 Å². The Balaban J connectivity index is 1.71. The van der Waals surface area contributed by atoms with Gasteiger partial charge in [-0.25, -0.2) is 0 Å². The fraction of sp³-hybridized carbons (Fsp3) is 0.562. The van der Waals surface area contributed by atoms with E-state index in [0.29, 0.717) is 19.7 Å². The summed E-state index contributed by atoms with van der Waals surface area (Å²) in [7, 11) is 1.83. The number of carbonyl (C=O) groups excluding carboxylic acids is 1. The first kappa shape index (κ1) is 16.1. The molecule has 0 N–H and O–H groups in total. The Kier molecular flexibility index (Phi) is 5.88. The molecule has 1 amide bonds. The van der Waals surface area contributed by atoms with Gasteiger partial charge in [0.1, 0.15) is 12.4 Å². The van der Waals surface area contributed by atoms with Crippen LogP contribution in [0.1, 0.15) is 18.4 Å². The molecule has 0 bridgehead atoms. The van der Waals surface area contributed by atoms with Crippen molar-refractivity contribution in [2.75, 3.05) is 39.8 Å². The highest BCUT2D eigenvalue weighted by Crippen LogP contribution is 2.20. The normalized spacial score (nSPS) is 15.2. The third-order valence-corrected chi connectivity index (χ3v) is 4.23. The zero-order valence-electron chi connectivity index (χ0n) is 12.8. The second kappa shape index (κ2) is 7.66.